The van der Waals surface area contributed by atoms with Gasteiger partial charge in [0.25, 0.3) is 0 Å². The van der Waals surface area contributed by atoms with E-state index in [-0.39, 0.29) is 23.7 Å². The second-order valence-corrected chi connectivity index (χ2v) is 5.62. The molecule has 0 radical (unpaired) electrons. The summed E-state index contributed by atoms with van der Waals surface area (Å²) in [4.78, 5) is 12.7. The predicted octanol–water partition coefficient (Wildman–Crippen LogP) is 5.18. The highest BCUT2D eigenvalue weighted by Gasteiger charge is 2.29. The van der Waals surface area contributed by atoms with E-state index in [0.29, 0.717) is 11.3 Å². The third kappa shape index (κ3) is 5.16. The summed E-state index contributed by atoms with van der Waals surface area (Å²) in [6.07, 6.45) is -0.221. The van der Waals surface area contributed by atoms with E-state index in [4.69, 9.17) is 14.2 Å². The summed E-state index contributed by atoms with van der Waals surface area (Å²) in [7, 11) is 2.88. The van der Waals surface area contributed by atoms with Crippen molar-refractivity contribution in [2.75, 3.05) is 20.8 Å². The first-order valence-corrected chi connectivity index (χ1v) is 8.19. The van der Waals surface area contributed by atoms with E-state index in [9.17, 15) is 18.0 Å². The van der Waals surface area contributed by atoms with Gasteiger partial charge in [-0.2, -0.15) is 13.2 Å². The summed E-state index contributed by atoms with van der Waals surface area (Å²) in [5.41, 5.74) is -0.136. The maximum absolute atomic E-state index is 12.7. The highest BCUT2D eigenvalue weighted by molar-refractivity contribution is 6.10. The van der Waals surface area contributed by atoms with E-state index >= 15 is 0 Å². The van der Waals surface area contributed by atoms with Crippen LogP contribution >= 0.6 is 0 Å². The molecule has 0 aliphatic rings. The zero-order valence-electron chi connectivity index (χ0n) is 15.4. The van der Waals surface area contributed by atoms with Crippen LogP contribution in [0, 0.1) is 0 Å². The molecule has 7 heteroatoms. The lowest BCUT2D eigenvalue weighted by Gasteiger charge is -2.14. The molecule has 0 saturated carbocycles. The van der Waals surface area contributed by atoms with E-state index in [0.717, 1.165) is 12.1 Å². The van der Waals surface area contributed by atoms with Crippen LogP contribution in [-0.4, -0.2) is 26.6 Å². The summed E-state index contributed by atoms with van der Waals surface area (Å²) in [5.74, 6) is 0.510. The molecule has 0 fully saturated rings. The van der Waals surface area contributed by atoms with Gasteiger partial charge in [0.2, 0.25) is 0 Å². The Morgan fingerprint density at radius 1 is 1.07 bits per heavy atom. The molecule has 0 aromatic heterocycles. The van der Waals surface area contributed by atoms with E-state index in [2.05, 4.69) is 6.58 Å². The number of halogens is 3. The molecule has 2 aromatic carbocycles. The van der Waals surface area contributed by atoms with Crippen molar-refractivity contribution in [1.29, 1.82) is 0 Å². The van der Waals surface area contributed by atoms with Crippen LogP contribution in [0.4, 0.5) is 13.2 Å². The van der Waals surface area contributed by atoms with E-state index in [1.54, 1.807) is 12.1 Å². The minimum absolute atomic E-state index is 0.166. The summed E-state index contributed by atoms with van der Waals surface area (Å²) in [6.45, 7) is 3.74. The Hall–Kier alpha value is -3.22. The normalized spacial score (nSPS) is 11.3. The zero-order chi connectivity index (χ0) is 20.7. The molecular weight excluding hydrogens is 373 g/mol. The molecule has 4 nitrogen and oxygen atoms in total. The van der Waals surface area contributed by atoms with Crippen LogP contribution < -0.4 is 14.2 Å². The van der Waals surface area contributed by atoms with Crippen molar-refractivity contribution >= 4 is 11.9 Å². The molecule has 148 valence electrons. The highest BCUT2D eigenvalue weighted by atomic mass is 19.4. The van der Waals surface area contributed by atoms with Gasteiger partial charge in [-0.25, -0.2) is 0 Å². The van der Waals surface area contributed by atoms with Gasteiger partial charge >= 0.3 is 6.18 Å². The van der Waals surface area contributed by atoms with E-state index in [1.165, 1.54) is 44.6 Å². The summed E-state index contributed by atoms with van der Waals surface area (Å²) in [6, 6.07) is 7.57. The standard InChI is InChI=1S/C21H19F3O4/c1-4-11-28-19-13-16(26-2)12-18(27-3)20(19)17(25)10-7-14-5-8-15(9-6-14)21(22,23)24/h4-10,12-13H,1,11H2,2-3H3. The summed E-state index contributed by atoms with van der Waals surface area (Å²) < 4.78 is 53.9. The van der Waals surface area contributed by atoms with E-state index in [1.807, 2.05) is 0 Å². The number of rotatable bonds is 8. The Kier molecular flexibility index (Phi) is 6.87. The van der Waals surface area contributed by atoms with Gasteiger partial charge in [-0.05, 0) is 23.8 Å². The number of ketones is 1. The predicted molar refractivity (Wildman–Crippen MR) is 100 cm³/mol. The second kappa shape index (κ2) is 9.12. The Morgan fingerprint density at radius 2 is 1.71 bits per heavy atom. The minimum atomic E-state index is -4.41. The topological polar surface area (TPSA) is 44.8 Å². The molecule has 0 heterocycles. The third-order valence-corrected chi connectivity index (χ3v) is 3.76. The molecule has 0 atom stereocenters. The third-order valence-electron chi connectivity index (χ3n) is 3.76. The molecule has 0 spiro atoms. The van der Waals surface area contributed by atoms with Crippen LogP contribution in [0.3, 0.4) is 0 Å². The van der Waals surface area contributed by atoms with E-state index < -0.39 is 17.5 Å². The number of carbonyl (C=O) groups is 1. The number of ether oxygens (including phenoxy) is 3. The quantitative estimate of drug-likeness (QED) is 0.353. The van der Waals surface area contributed by atoms with Gasteiger partial charge in [0.15, 0.2) is 5.78 Å². The second-order valence-electron chi connectivity index (χ2n) is 5.62. The molecule has 0 aliphatic heterocycles. The van der Waals surface area contributed by atoms with Crippen molar-refractivity contribution in [3.05, 3.63) is 71.8 Å². The van der Waals surface area contributed by atoms with Crippen molar-refractivity contribution in [3.8, 4) is 17.2 Å². The van der Waals surface area contributed by atoms with Gasteiger partial charge < -0.3 is 14.2 Å². The first-order chi connectivity index (χ1) is 13.3. The smallest absolute Gasteiger partial charge is 0.416 e. The summed E-state index contributed by atoms with van der Waals surface area (Å²) >= 11 is 0. The van der Waals surface area contributed by atoms with Crippen molar-refractivity contribution in [2.24, 2.45) is 0 Å². The number of hydrogen-bond donors (Lipinski definition) is 0. The molecule has 28 heavy (non-hydrogen) atoms. The van der Waals surface area contributed by atoms with Crippen molar-refractivity contribution in [3.63, 3.8) is 0 Å². The van der Waals surface area contributed by atoms with Crippen molar-refractivity contribution in [1.82, 2.24) is 0 Å². The number of methoxy groups -OCH3 is 2. The molecule has 0 N–H and O–H groups in total. The Morgan fingerprint density at radius 3 is 2.25 bits per heavy atom. The highest BCUT2D eigenvalue weighted by Crippen LogP contribution is 2.35. The van der Waals surface area contributed by atoms with Crippen LogP contribution in [0.2, 0.25) is 0 Å². The molecule has 0 amide bonds. The zero-order valence-corrected chi connectivity index (χ0v) is 15.4. The SMILES string of the molecule is C=CCOc1cc(OC)cc(OC)c1C(=O)C=Cc1ccc(C(F)(F)F)cc1. The van der Waals surface area contributed by atoms with Crippen molar-refractivity contribution in [2.45, 2.75) is 6.18 Å². The van der Waals surface area contributed by atoms with Gasteiger partial charge in [0, 0.05) is 12.1 Å². The first kappa shape index (κ1) is 21.1. The van der Waals surface area contributed by atoms with Gasteiger partial charge in [-0.3, -0.25) is 4.79 Å². The molecular formula is C21H19F3O4. The molecule has 2 rings (SSSR count). The van der Waals surface area contributed by atoms with Gasteiger partial charge in [0.1, 0.15) is 29.4 Å². The van der Waals surface area contributed by atoms with Gasteiger partial charge in [-0.15, -0.1) is 0 Å². The van der Waals surface area contributed by atoms with Crippen LogP contribution in [0.5, 0.6) is 17.2 Å². The lowest BCUT2D eigenvalue weighted by atomic mass is 10.1. The summed E-state index contributed by atoms with van der Waals surface area (Å²) in [5, 5.41) is 0. The fraction of sp³-hybridized carbons (Fsp3) is 0.190. The number of carbonyl (C=O) groups excluding carboxylic acids is 1. The number of hydrogen-bond acceptors (Lipinski definition) is 4. The van der Waals surface area contributed by atoms with Gasteiger partial charge in [0.05, 0.1) is 19.8 Å². The Balaban J connectivity index is 2.34. The monoisotopic (exact) mass is 392 g/mol. The lowest BCUT2D eigenvalue weighted by Crippen LogP contribution is -2.06. The Bertz CT molecular complexity index is 868. The minimum Gasteiger partial charge on any atom is -0.496 e. The number of benzene rings is 2. The Labute approximate surface area is 160 Å². The van der Waals surface area contributed by atoms with Crippen molar-refractivity contribution < 1.29 is 32.2 Å². The first-order valence-electron chi connectivity index (χ1n) is 8.19. The average molecular weight is 392 g/mol. The van der Waals surface area contributed by atoms with Crippen LogP contribution in [-0.2, 0) is 6.18 Å². The lowest BCUT2D eigenvalue weighted by molar-refractivity contribution is -0.137. The number of alkyl halides is 3. The average Bonchev–Trinajstić information content (AvgIpc) is 2.69. The maximum atomic E-state index is 12.7. The number of allylic oxidation sites excluding steroid dienone is 1. The molecule has 2 aromatic rings. The fourth-order valence-corrected chi connectivity index (χ4v) is 2.39. The fourth-order valence-electron chi connectivity index (χ4n) is 2.39. The largest absolute Gasteiger partial charge is 0.496 e. The maximum Gasteiger partial charge on any atom is 0.416 e. The van der Waals surface area contributed by atoms with Crippen LogP contribution in [0.25, 0.3) is 6.08 Å². The molecule has 0 aliphatic carbocycles. The van der Waals surface area contributed by atoms with Gasteiger partial charge in [-0.1, -0.05) is 30.9 Å². The molecule has 0 bridgehead atoms. The molecule has 0 saturated heterocycles. The van der Waals surface area contributed by atoms with Crippen LogP contribution in [0.1, 0.15) is 21.5 Å². The van der Waals surface area contributed by atoms with Crippen LogP contribution in [0.15, 0.2) is 55.1 Å². The molecule has 0 unspecified atom stereocenters.